The standard InChI is InChI=1S/C14H3BrClF13N2O2/c15-6-2-5(16)1-4(3-30)7(6)31-8(32)9(17,12(22,23)24)33-14(28,29)11(20,21)10(18,19)13(25,26)27/h1-2H,(H,31,32). The fourth-order valence-electron chi connectivity index (χ4n) is 1.82. The quantitative estimate of drug-likeness (QED) is 0.379. The number of hydrogen-bond acceptors (Lipinski definition) is 3. The first-order chi connectivity index (χ1) is 14.5. The summed E-state index contributed by atoms with van der Waals surface area (Å²) in [7, 11) is 0. The molecular formula is C14H3BrClF13N2O2. The molecule has 1 aromatic carbocycles. The van der Waals surface area contributed by atoms with E-state index in [-0.39, 0.29) is 5.02 Å². The molecule has 1 rings (SSSR count). The molecule has 1 N–H and O–H groups in total. The topological polar surface area (TPSA) is 62.1 Å². The Balaban J connectivity index is 3.55. The molecule has 0 aromatic heterocycles. The van der Waals surface area contributed by atoms with Crippen molar-refractivity contribution in [3.63, 3.8) is 0 Å². The third kappa shape index (κ3) is 5.09. The van der Waals surface area contributed by atoms with Gasteiger partial charge < -0.3 is 5.32 Å². The molecule has 4 nitrogen and oxygen atoms in total. The molecule has 33 heavy (non-hydrogen) atoms. The van der Waals surface area contributed by atoms with E-state index in [1.165, 1.54) is 6.07 Å². The second-order valence-electron chi connectivity index (χ2n) is 5.73. The summed E-state index contributed by atoms with van der Waals surface area (Å²) in [6, 6.07) is 2.62. The highest BCUT2D eigenvalue weighted by atomic mass is 79.9. The normalized spacial score (nSPS) is 15.6. The minimum atomic E-state index is -7.83. The van der Waals surface area contributed by atoms with Crippen LogP contribution in [0.2, 0.25) is 5.02 Å². The molecule has 0 aliphatic rings. The highest BCUT2D eigenvalue weighted by Crippen LogP contribution is 2.55. The van der Waals surface area contributed by atoms with E-state index in [4.69, 9.17) is 16.9 Å². The first-order valence-corrected chi connectivity index (χ1v) is 8.50. The van der Waals surface area contributed by atoms with Gasteiger partial charge in [-0.05, 0) is 28.1 Å². The van der Waals surface area contributed by atoms with Crippen LogP contribution in [-0.4, -0.2) is 42.1 Å². The Morgan fingerprint density at radius 2 is 1.39 bits per heavy atom. The second-order valence-corrected chi connectivity index (χ2v) is 7.03. The van der Waals surface area contributed by atoms with Gasteiger partial charge >= 0.3 is 36.2 Å². The number of alkyl halides is 13. The molecule has 1 atom stereocenters. The molecule has 1 aromatic rings. The Bertz CT molecular complexity index is 974. The van der Waals surface area contributed by atoms with Crippen LogP contribution >= 0.6 is 27.5 Å². The molecule has 1 unspecified atom stereocenters. The number of amides is 1. The number of carbonyl (C=O) groups is 1. The van der Waals surface area contributed by atoms with Crippen LogP contribution in [0.5, 0.6) is 0 Å². The minimum absolute atomic E-state index is 0.310. The van der Waals surface area contributed by atoms with Gasteiger partial charge in [-0.2, -0.15) is 62.3 Å². The lowest BCUT2D eigenvalue weighted by Gasteiger charge is -2.36. The highest BCUT2D eigenvalue weighted by molar-refractivity contribution is 9.10. The predicted octanol–water partition coefficient (Wildman–Crippen LogP) is 6.58. The summed E-state index contributed by atoms with van der Waals surface area (Å²) < 4.78 is 170. The van der Waals surface area contributed by atoms with E-state index in [0.717, 1.165) is 11.4 Å². The van der Waals surface area contributed by atoms with Gasteiger partial charge in [-0.1, -0.05) is 11.6 Å². The molecule has 0 spiro atoms. The van der Waals surface area contributed by atoms with E-state index in [1.54, 1.807) is 0 Å². The summed E-state index contributed by atoms with van der Waals surface area (Å²) in [6.45, 7) is 0. The number of benzene rings is 1. The number of hydrogen-bond donors (Lipinski definition) is 1. The van der Waals surface area contributed by atoms with Crippen molar-refractivity contribution in [2.45, 2.75) is 36.2 Å². The fourth-order valence-corrected chi connectivity index (χ4v) is 2.73. The molecule has 0 bridgehead atoms. The maximum atomic E-state index is 14.3. The van der Waals surface area contributed by atoms with Gasteiger partial charge in [-0.25, -0.2) is 0 Å². The van der Waals surface area contributed by atoms with Crippen molar-refractivity contribution in [1.82, 2.24) is 0 Å². The van der Waals surface area contributed by atoms with E-state index in [1.807, 2.05) is 4.74 Å². The van der Waals surface area contributed by atoms with E-state index in [0.29, 0.717) is 6.07 Å². The summed E-state index contributed by atoms with van der Waals surface area (Å²) in [6.07, 6.45) is -22.1. The zero-order valence-corrected chi connectivity index (χ0v) is 16.9. The predicted molar refractivity (Wildman–Crippen MR) is 84.4 cm³/mol. The number of halogens is 15. The third-order valence-electron chi connectivity index (χ3n) is 3.46. The monoisotopic (exact) mass is 592 g/mol. The van der Waals surface area contributed by atoms with Crippen molar-refractivity contribution in [3.05, 3.63) is 27.2 Å². The molecule has 0 aliphatic carbocycles. The van der Waals surface area contributed by atoms with Crippen LogP contribution < -0.4 is 5.32 Å². The van der Waals surface area contributed by atoms with Crippen LogP contribution in [-0.2, 0) is 9.53 Å². The van der Waals surface area contributed by atoms with Gasteiger partial charge in [0.1, 0.15) is 6.07 Å². The van der Waals surface area contributed by atoms with Crippen LogP contribution in [0.25, 0.3) is 0 Å². The van der Waals surface area contributed by atoms with Gasteiger partial charge in [-0.3, -0.25) is 9.53 Å². The Hall–Kier alpha value is -2.00. The summed E-state index contributed by atoms with van der Waals surface area (Å²) in [5.74, 6) is -25.6. The van der Waals surface area contributed by atoms with E-state index < -0.39 is 57.8 Å². The van der Waals surface area contributed by atoms with Gasteiger partial charge in [0.15, 0.2) is 0 Å². The van der Waals surface area contributed by atoms with Gasteiger partial charge in [0.2, 0.25) is 0 Å². The van der Waals surface area contributed by atoms with Gasteiger partial charge in [0, 0.05) is 9.50 Å². The molecule has 0 fully saturated rings. The SMILES string of the molecule is N#Cc1cc(Cl)cc(Br)c1NC(=O)C(F)(OC(F)(F)C(F)(F)C(F)(F)C(F)(F)F)C(F)(F)F. The average Bonchev–Trinajstić information content (AvgIpc) is 2.60. The summed E-state index contributed by atoms with van der Waals surface area (Å²) in [4.78, 5) is 11.8. The average molecular weight is 594 g/mol. The van der Waals surface area contributed by atoms with Crippen molar-refractivity contribution in [2.24, 2.45) is 0 Å². The first kappa shape index (κ1) is 29.0. The van der Waals surface area contributed by atoms with Crippen LogP contribution in [0.4, 0.5) is 62.8 Å². The molecule has 186 valence electrons. The lowest BCUT2D eigenvalue weighted by atomic mass is 10.1. The fraction of sp³-hybridized carbons (Fsp3) is 0.429. The van der Waals surface area contributed by atoms with Crippen LogP contribution in [0, 0.1) is 11.3 Å². The smallest absolute Gasteiger partial charge is 0.319 e. The van der Waals surface area contributed by atoms with E-state index >= 15 is 0 Å². The van der Waals surface area contributed by atoms with Crippen molar-refractivity contribution < 1.29 is 66.6 Å². The number of ether oxygens (including phenoxy) is 1. The number of nitrogens with zero attached hydrogens (tertiary/aromatic N) is 1. The van der Waals surface area contributed by atoms with Crippen LogP contribution in [0.1, 0.15) is 5.56 Å². The first-order valence-electron chi connectivity index (χ1n) is 7.33. The van der Waals surface area contributed by atoms with Gasteiger partial charge in [-0.15, -0.1) is 0 Å². The van der Waals surface area contributed by atoms with E-state index in [9.17, 15) is 61.9 Å². The van der Waals surface area contributed by atoms with Gasteiger partial charge in [0.25, 0.3) is 5.91 Å². The molecular weight excluding hydrogens is 590 g/mol. The summed E-state index contributed by atoms with van der Waals surface area (Å²) in [5, 5.41) is 9.43. The summed E-state index contributed by atoms with van der Waals surface area (Å²) in [5.41, 5.74) is -1.97. The van der Waals surface area contributed by atoms with Crippen molar-refractivity contribution in [3.8, 4) is 6.07 Å². The van der Waals surface area contributed by atoms with Crippen LogP contribution in [0.15, 0.2) is 16.6 Å². The number of nitriles is 1. The molecule has 0 saturated heterocycles. The minimum Gasteiger partial charge on any atom is -0.319 e. The van der Waals surface area contributed by atoms with Crippen molar-refractivity contribution >= 4 is 39.1 Å². The highest BCUT2D eigenvalue weighted by Gasteiger charge is 2.85. The zero-order valence-electron chi connectivity index (χ0n) is 14.6. The number of carbonyl (C=O) groups excluding carboxylic acids is 1. The number of rotatable bonds is 6. The number of nitrogens with one attached hydrogen (secondary N) is 1. The molecule has 19 heteroatoms. The largest absolute Gasteiger partial charge is 0.460 e. The molecule has 1 amide bonds. The lowest BCUT2D eigenvalue weighted by molar-refractivity contribution is -0.481. The third-order valence-corrected chi connectivity index (χ3v) is 4.30. The van der Waals surface area contributed by atoms with Gasteiger partial charge in [0.05, 0.1) is 11.3 Å². The maximum Gasteiger partial charge on any atom is 0.460 e. The van der Waals surface area contributed by atoms with Crippen molar-refractivity contribution in [1.29, 1.82) is 5.26 Å². The molecule has 0 heterocycles. The summed E-state index contributed by atoms with van der Waals surface area (Å²) >= 11 is 8.04. The Kier molecular flexibility index (Phi) is 7.61. The molecule has 0 saturated carbocycles. The van der Waals surface area contributed by atoms with E-state index in [2.05, 4.69) is 15.9 Å². The maximum absolute atomic E-state index is 14.3. The van der Waals surface area contributed by atoms with Crippen LogP contribution in [0.3, 0.4) is 0 Å². The Morgan fingerprint density at radius 3 is 1.79 bits per heavy atom. The Labute approximate surface area is 186 Å². The van der Waals surface area contributed by atoms with Crippen molar-refractivity contribution in [2.75, 3.05) is 5.32 Å². The second kappa shape index (κ2) is 8.65. The zero-order chi connectivity index (χ0) is 26.4. The number of anilines is 1. The lowest BCUT2D eigenvalue weighted by Crippen LogP contribution is -2.66. The molecule has 0 aliphatic heterocycles. The molecule has 0 radical (unpaired) electrons. The Morgan fingerprint density at radius 1 is 0.909 bits per heavy atom.